The normalized spacial score (nSPS) is 33.4. The van der Waals surface area contributed by atoms with Crippen LogP contribution in [0.25, 0.3) is 0 Å². The second-order valence-corrected chi connectivity index (χ2v) is 5.49. The molecule has 2 aliphatic rings. The lowest BCUT2D eigenvalue weighted by atomic mass is 10.1. The highest BCUT2D eigenvalue weighted by Gasteiger charge is 2.24. The number of nitrogens with one attached hydrogen (secondary N) is 1. The summed E-state index contributed by atoms with van der Waals surface area (Å²) < 4.78 is 5.56. The standard InChI is InChI=1S/C13H26N2O/c1-11(10-15-6-3-4-7-15)9-14-13-5-8-16-12(13)2/h11-14H,3-10H2,1-2H3. The van der Waals surface area contributed by atoms with E-state index in [0.29, 0.717) is 12.1 Å². The third kappa shape index (κ3) is 3.44. The van der Waals surface area contributed by atoms with Crippen LogP contribution in [0.5, 0.6) is 0 Å². The molecule has 0 aromatic rings. The predicted molar refractivity (Wildman–Crippen MR) is 66.7 cm³/mol. The molecule has 2 saturated heterocycles. The molecule has 16 heavy (non-hydrogen) atoms. The highest BCUT2D eigenvalue weighted by Crippen LogP contribution is 2.14. The van der Waals surface area contributed by atoms with Gasteiger partial charge in [0.2, 0.25) is 0 Å². The first-order chi connectivity index (χ1) is 7.75. The van der Waals surface area contributed by atoms with Gasteiger partial charge in [-0.3, -0.25) is 0 Å². The lowest BCUT2D eigenvalue weighted by Gasteiger charge is -2.23. The van der Waals surface area contributed by atoms with Crippen molar-refractivity contribution < 1.29 is 4.74 Å². The summed E-state index contributed by atoms with van der Waals surface area (Å²) in [6.07, 6.45) is 4.37. The number of likely N-dealkylation sites (tertiary alicyclic amines) is 1. The zero-order chi connectivity index (χ0) is 11.4. The second kappa shape index (κ2) is 5.99. The molecule has 2 rings (SSSR count). The van der Waals surface area contributed by atoms with Crippen molar-refractivity contribution in [1.82, 2.24) is 10.2 Å². The Kier molecular flexibility index (Phi) is 4.62. The smallest absolute Gasteiger partial charge is 0.0700 e. The molecule has 3 atom stereocenters. The molecule has 1 N–H and O–H groups in total. The number of nitrogens with zero attached hydrogens (tertiary/aromatic N) is 1. The summed E-state index contributed by atoms with van der Waals surface area (Å²) in [5.74, 6) is 0.755. The Hall–Kier alpha value is -0.120. The molecule has 0 aliphatic carbocycles. The second-order valence-electron chi connectivity index (χ2n) is 5.49. The van der Waals surface area contributed by atoms with E-state index in [-0.39, 0.29) is 0 Å². The Morgan fingerprint density at radius 1 is 1.38 bits per heavy atom. The van der Waals surface area contributed by atoms with Gasteiger partial charge in [-0.1, -0.05) is 6.92 Å². The molecular weight excluding hydrogens is 200 g/mol. The van der Waals surface area contributed by atoms with E-state index in [9.17, 15) is 0 Å². The fourth-order valence-corrected chi connectivity index (χ4v) is 2.82. The molecule has 0 saturated carbocycles. The van der Waals surface area contributed by atoms with Crippen molar-refractivity contribution in [3.05, 3.63) is 0 Å². The Bertz CT molecular complexity index is 204. The predicted octanol–water partition coefficient (Wildman–Crippen LogP) is 1.49. The monoisotopic (exact) mass is 226 g/mol. The van der Waals surface area contributed by atoms with Crippen LogP contribution in [0.3, 0.4) is 0 Å². The Labute approximate surface area is 99.5 Å². The number of rotatable bonds is 5. The SMILES string of the molecule is CC(CNC1CCOC1C)CN1CCCC1. The maximum Gasteiger partial charge on any atom is 0.0700 e. The molecule has 0 bridgehead atoms. The number of ether oxygens (including phenoxy) is 1. The largest absolute Gasteiger partial charge is 0.377 e. The van der Waals surface area contributed by atoms with Crippen molar-refractivity contribution in [2.45, 2.75) is 45.3 Å². The summed E-state index contributed by atoms with van der Waals surface area (Å²) in [7, 11) is 0. The van der Waals surface area contributed by atoms with Gasteiger partial charge in [-0.05, 0) is 51.7 Å². The Balaban J connectivity index is 1.61. The van der Waals surface area contributed by atoms with E-state index in [1.807, 2.05) is 0 Å². The van der Waals surface area contributed by atoms with Crippen molar-refractivity contribution in [2.75, 3.05) is 32.8 Å². The number of hydrogen-bond donors (Lipinski definition) is 1. The van der Waals surface area contributed by atoms with E-state index >= 15 is 0 Å². The van der Waals surface area contributed by atoms with Crippen LogP contribution in [0.4, 0.5) is 0 Å². The quantitative estimate of drug-likeness (QED) is 0.768. The van der Waals surface area contributed by atoms with E-state index in [1.54, 1.807) is 0 Å². The summed E-state index contributed by atoms with van der Waals surface area (Å²) in [5, 5.41) is 3.65. The van der Waals surface area contributed by atoms with Gasteiger partial charge in [-0.15, -0.1) is 0 Å². The fourth-order valence-electron chi connectivity index (χ4n) is 2.82. The molecule has 2 heterocycles. The van der Waals surface area contributed by atoms with Gasteiger partial charge >= 0.3 is 0 Å². The molecular formula is C13H26N2O. The Morgan fingerprint density at radius 2 is 2.12 bits per heavy atom. The van der Waals surface area contributed by atoms with Gasteiger partial charge in [0.05, 0.1) is 6.10 Å². The lowest BCUT2D eigenvalue weighted by Crippen LogP contribution is -2.39. The highest BCUT2D eigenvalue weighted by atomic mass is 16.5. The average molecular weight is 226 g/mol. The van der Waals surface area contributed by atoms with Crippen LogP contribution in [0, 0.1) is 5.92 Å². The molecule has 2 fully saturated rings. The van der Waals surface area contributed by atoms with Gasteiger partial charge in [-0.25, -0.2) is 0 Å². The first kappa shape index (κ1) is 12.3. The number of hydrogen-bond acceptors (Lipinski definition) is 3. The van der Waals surface area contributed by atoms with Crippen LogP contribution in [-0.4, -0.2) is 49.8 Å². The van der Waals surface area contributed by atoms with Gasteiger partial charge in [-0.2, -0.15) is 0 Å². The molecule has 94 valence electrons. The topological polar surface area (TPSA) is 24.5 Å². The van der Waals surface area contributed by atoms with Crippen molar-refractivity contribution in [2.24, 2.45) is 5.92 Å². The lowest BCUT2D eigenvalue weighted by molar-refractivity contribution is 0.112. The minimum atomic E-state index is 0.402. The molecule has 0 amide bonds. The highest BCUT2D eigenvalue weighted by molar-refractivity contribution is 4.80. The zero-order valence-corrected chi connectivity index (χ0v) is 10.7. The molecule has 3 unspecified atom stereocenters. The molecule has 0 aromatic carbocycles. The van der Waals surface area contributed by atoms with Gasteiger partial charge < -0.3 is 15.0 Å². The van der Waals surface area contributed by atoms with Gasteiger partial charge in [0, 0.05) is 19.2 Å². The summed E-state index contributed by atoms with van der Waals surface area (Å²) in [4.78, 5) is 2.60. The third-order valence-corrected chi connectivity index (χ3v) is 3.87. The molecule has 0 spiro atoms. The van der Waals surface area contributed by atoms with E-state index in [4.69, 9.17) is 4.74 Å². The van der Waals surface area contributed by atoms with Crippen LogP contribution in [-0.2, 0) is 4.74 Å². The van der Waals surface area contributed by atoms with Crippen molar-refractivity contribution in [3.63, 3.8) is 0 Å². The molecule has 0 radical (unpaired) electrons. The first-order valence-electron chi connectivity index (χ1n) is 6.83. The Morgan fingerprint density at radius 3 is 2.75 bits per heavy atom. The summed E-state index contributed by atoms with van der Waals surface area (Å²) >= 11 is 0. The van der Waals surface area contributed by atoms with Crippen molar-refractivity contribution >= 4 is 0 Å². The zero-order valence-electron chi connectivity index (χ0n) is 10.7. The fraction of sp³-hybridized carbons (Fsp3) is 1.00. The van der Waals surface area contributed by atoms with Crippen LogP contribution in [0.1, 0.15) is 33.1 Å². The third-order valence-electron chi connectivity index (χ3n) is 3.87. The van der Waals surface area contributed by atoms with Crippen molar-refractivity contribution in [3.8, 4) is 0 Å². The minimum absolute atomic E-state index is 0.402. The van der Waals surface area contributed by atoms with Crippen molar-refractivity contribution in [1.29, 1.82) is 0 Å². The van der Waals surface area contributed by atoms with E-state index in [0.717, 1.165) is 19.1 Å². The summed E-state index contributed by atoms with van der Waals surface area (Å²) in [5.41, 5.74) is 0. The molecule has 0 aromatic heterocycles. The van der Waals surface area contributed by atoms with Gasteiger partial charge in [0.1, 0.15) is 0 Å². The molecule has 3 nitrogen and oxygen atoms in total. The van der Waals surface area contributed by atoms with Crippen LogP contribution >= 0.6 is 0 Å². The molecule has 2 aliphatic heterocycles. The van der Waals surface area contributed by atoms with Gasteiger partial charge in [0.15, 0.2) is 0 Å². The maximum atomic E-state index is 5.56. The molecule has 3 heteroatoms. The van der Waals surface area contributed by atoms with Crippen LogP contribution < -0.4 is 5.32 Å². The van der Waals surface area contributed by atoms with E-state index in [1.165, 1.54) is 38.9 Å². The van der Waals surface area contributed by atoms with Crippen LogP contribution in [0.2, 0.25) is 0 Å². The first-order valence-corrected chi connectivity index (χ1v) is 6.83. The van der Waals surface area contributed by atoms with E-state index < -0.39 is 0 Å². The van der Waals surface area contributed by atoms with Crippen LogP contribution in [0.15, 0.2) is 0 Å². The minimum Gasteiger partial charge on any atom is -0.377 e. The summed E-state index contributed by atoms with van der Waals surface area (Å²) in [6.45, 7) is 10.5. The maximum absolute atomic E-state index is 5.56. The van der Waals surface area contributed by atoms with Gasteiger partial charge in [0.25, 0.3) is 0 Å². The summed E-state index contributed by atoms with van der Waals surface area (Å²) in [6, 6.07) is 0.584. The van der Waals surface area contributed by atoms with E-state index in [2.05, 4.69) is 24.1 Å². The average Bonchev–Trinajstić information content (AvgIpc) is 2.87.